The number of hydrogen-bond acceptors (Lipinski definition) is 8. The quantitative estimate of drug-likeness (QED) is 0.297. The van der Waals surface area contributed by atoms with Gasteiger partial charge in [-0.2, -0.15) is 0 Å². The predicted molar refractivity (Wildman–Crippen MR) is 72.4 cm³/mol. The van der Waals surface area contributed by atoms with E-state index < -0.39 is 32.6 Å². The van der Waals surface area contributed by atoms with Crippen LogP contribution in [-0.4, -0.2) is 25.3 Å². The Morgan fingerprint density at radius 2 is 2.20 bits per heavy atom. The third kappa shape index (κ3) is 3.86. The molecule has 0 saturated heterocycles. The van der Waals surface area contributed by atoms with E-state index in [-0.39, 0.29) is 15.6 Å². The van der Waals surface area contributed by atoms with Crippen LogP contribution < -0.4 is 21.7 Å². The Labute approximate surface area is 118 Å². The molecule has 0 aliphatic rings. The summed E-state index contributed by atoms with van der Waals surface area (Å²) in [6.45, 7) is 1.45. The smallest absolute Gasteiger partial charge is 0.306 e. The average molecular weight is 323 g/mol. The van der Waals surface area contributed by atoms with Crippen LogP contribution in [0.1, 0.15) is 13.3 Å². The summed E-state index contributed by atoms with van der Waals surface area (Å²) >= 11 is 0.611. The van der Waals surface area contributed by atoms with Gasteiger partial charge >= 0.3 is 5.69 Å². The van der Waals surface area contributed by atoms with Gasteiger partial charge in [0.2, 0.25) is 5.91 Å². The molecule has 6 N–H and O–H groups in total. The Balaban J connectivity index is 3.04. The van der Waals surface area contributed by atoms with E-state index in [0.29, 0.717) is 11.3 Å². The standard InChI is InChI=1S/C8H13N5O5S2/c1-4(2-6(9)14)12-20(17,18)7-3-5(13(15)16)8(11-10)19-7/h3-4,11-12H,2,10H2,1H3,(H2,9,14). The number of hydrogen-bond donors (Lipinski definition) is 4. The van der Waals surface area contributed by atoms with Crippen molar-refractivity contribution in [3.8, 4) is 0 Å². The van der Waals surface area contributed by atoms with Crippen LogP contribution in [0.4, 0.5) is 10.7 Å². The molecule has 0 aliphatic carbocycles. The second-order valence-electron chi connectivity index (χ2n) is 3.87. The molecule has 1 heterocycles. The van der Waals surface area contributed by atoms with Gasteiger partial charge in [-0.05, 0) is 6.92 Å². The van der Waals surface area contributed by atoms with Gasteiger partial charge in [0.15, 0.2) is 5.00 Å². The van der Waals surface area contributed by atoms with Gasteiger partial charge in [-0.1, -0.05) is 11.3 Å². The van der Waals surface area contributed by atoms with Crippen molar-refractivity contribution in [2.24, 2.45) is 11.6 Å². The lowest BCUT2D eigenvalue weighted by molar-refractivity contribution is -0.383. The Morgan fingerprint density at radius 1 is 1.60 bits per heavy atom. The van der Waals surface area contributed by atoms with E-state index in [0.717, 1.165) is 6.07 Å². The fraction of sp³-hybridized carbons (Fsp3) is 0.375. The second kappa shape index (κ2) is 6.13. The van der Waals surface area contributed by atoms with Crippen molar-refractivity contribution < 1.29 is 18.1 Å². The minimum atomic E-state index is -3.99. The topological polar surface area (TPSA) is 170 Å². The van der Waals surface area contributed by atoms with Crippen molar-refractivity contribution in [1.29, 1.82) is 0 Å². The Morgan fingerprint density at radius 3 is 2.60 bits per heavy atom. The van der Waals surface area contributed by atoms with Gasteiger partial charge in [-0.15, -0.1) is 0 Å². The first-order valence-corrected chi connectivity index (χ1v) is 7.52. The van der Waals surface area contributed by atoms with E-state index in [1.54, 1.807) is 0 Å². The fourth-order valence-corrected chi connectivity index (χ4v) is 3.90. The zero-order valence-corrected chi connectivity index (χ0v) is 12.0. The van der Waals surface area contributed by atoms with Crippen LogP contribution in [0, 0.1) is 10.1 Å². The number of nitrogens with zero attached hydrogens (tertiary/aromatic N) is 1. The molecule has 0 aromatic carbocycles. The summed E-state index contributed by atoms with van der Waals surface area (Å²) in [5, 5.41) is 10.6. The number of carbonyl (C=O) groups excluding carboxylic acids is 1. The maximum atomic E-state index is 12.0. The van der Waals surface area contributed by atoms with Crippen LogP contribution in [0.15, 0.2) is 10.3 Å². The largest absolute Gasteiger partial charge is 0.370 e. The van der Waals surface area contributed by atoms with Crippen LogP contribution in [-0.2, 0) is 14.8 Å². The minimum Gasteiger partial charge on any atom is -0.370 e. The van der Waals surface area contributed by atoms with Crippen LogP contribution in [0.5, 0.6) is 0 Å². The minimum absolute atomic E-state index is 0.0853. The molecule has 1 amide bonds. The van der Waals surface area contributed by atoms with Gasteiger partial charge in [0.05, 0.1) is 4.92 Å². The van der Waals surface area contributed by atoms with Crippen molar-refractivity contribution in [3.05, 3.63) is 16.2 Å². The molecule has 20 heavy (non-hydrogen) atoms. The normalized spacial score (nSPS) is 12.9. The number of primary amides is 1. The molecule has 0 aliphatic heterocycles. The van der Waals surface area contributed by atoms with E-state index in [1.807, 2.05) is 0 Å². The van der Waals surface area contributed by atoms with E-state index in [4.69, 9.17) is 11.6 Å². The fourth-order valence-electron chi connectivity index (χ4n) is 1.40. The molecule has 0 fully saturated rings. The van der Waals surface area contributed by atoms with Crippen molar-refractivity contribution >= 4 is 38.0 Å². The zero-order valence-electron chi connectivity index (χ0n) is 10.3. The number of rotatable bonds is 7. The Hall–Kier alpha value is -1.76. The number of thiophene rings is 1. The van der Waals surface area contributed by atoms with E-state index in [2.05, 4.69) is 10.1 Å². The number of carbonyl (C=O) groups is 1. The molecule has 1 aromatic heterocycles. The third-order valence-corrected chi connectivity index (χ3v) is 5.26. The molecule has 0 radical (unpaired) electrons. The van der Waals surface area contributed by atoms with E-state index in [9.17, 15) is 23.3 Å². The summed E-state index contributed by atoms with van der Waals surface area (Å²) in [4.78, 5) is 20.7. The predicted octanol–water partition coefficient (Wildman–Crippen LogP) is -0.516. The van der Waals surface area contributed by atoms with Gasteiger partial charge < -0.3 is 11.2 Å². The Kier molecular flexibility index (Phi) is 4.99. The van der Waals surface area contributed by atoms with Crippen LogP contribution in [0.2, 0.25) is 0 Å². The lowest BCUT2D eigenvalue weighted by atomic mass is 10.2. The molecule has 1 atom stereocenters. The summed E-state index contributed by atoms with van der Waals surface area (Å²) in [7, 11) is -3.99. The van der Waals surface area contributed by atoms with E-state index in [1.165, 1.54) is 6.92 Å². The molecule has 112 valence electrons. The number of nitro groups is 1. The molecule has 12 heteroatoms. The lowest BCUT2D eigenvalue weighted by Gasteiger charge is -2.10. The molecular weight excluding hydrogens is 310 g/mol. The average Bonchev–Trinajstić information content (AvgIpc) is 2.71. The van der Waals surface area contributed by atoms with Crippen molar-refractivity contribution in [1.82, 2.24) is 4.72 Å². The van der Waals surface area contributed by atoms with Crippen molar-refractivity contribution in [3.63, 3.8) is 0 Å². The van der Waals surface area contributed by atoms with Crippen LogP contribution in [0.3, 0.4) is 0 Å². The molecular formula is C8H13N5O5S2. The highest BCUT2D eigenvalue weighted by Crippen LogP contribution is 2.36. The summed E-state index contributed by atoms with van der Waals surface area (Å²) in [6, 6.07) is 0.159. The first kappa shape index (κ1) is 16.3. The molecule has 0 saturated carbocycles. The number of nitrogen functional groups attached to an aromatic ring is 1. The monoisotopic (exact) mass is 323 g/mol. The van der Waals surface area contributed by atoms with Crippen LogP contribution in [0.25, 0.3) is 0 Å². The van der Waals surface area contributed by atoms with Gasteiger partial charge in [-0.25, -0.2) is 19.0 Å². The first-order valence-electron chi connectivity index (χ1n) is 5.23. The molecule has 10 nitrogen and oxygen atoms in total. The summed E-state index contributed by atoms with van der Waals surface area (Å²) in [6.07, 6.45) is -0.186. The van der Waals surface area contributed by atoms with Gasteiger partial charge in [0.25, 0.3) is 10.0 Å². The van der Waals surface area contributed by atoms with Gasteiger partial charge in [-0.3, -0.25) is 14.9 Å². The number of nitrogens with two attached hydrogens (primary N) is 2. The Bertz CT molecular complexity index is 625. The highest BCUT2D eigenvalue weighted by Gasteiger charge is 2.27. The SMILES string of the molecule is CC(CC(N)=O)NS(=O)(=O)c1cc([N+](=O)[O-])c(NN)s1. The third-order valence-electron chi connectivity index (χ3n) is 2.15. The molecule has 0 spiro atoms. The number of amides is 1. The highest BCUT2D eigenvalue weighted by atomic mass is 32.2. The first-order chi connectivity index (χ1) is 9.17. The number of sulfonamides is 1. The number of hydrazine groups is 1. The molecule has 1 aromatic rings. The lowest BCUT2D eigenvalue weighted by Crippen LogP contribution is -2.35. The maximum absolute atomic E-state index is 12.0. The highest BCUT2D eigenvalue weighted by molar-refractivity contribution is 7.91. The van der Waals surface area contributed by atoms with E-state index >= 15 is 0 Å². The zero-order chi connectivity index (χ0) is 15.5. The maximum Gasteiger partial charge on any atom is 0.306 e. The molecule has 1 unspecified atom stereocenters. The number of nitrogens with one attached hydrogen (secondary N) is 2. The summed E-state index contributed by atoms with van der Waals surface area (Å²) in [5.41, 5.74) is 6.57. The van der Waals surface area contributed by atoms with Gasteiger partial charge in [0.1, 0.15) is 4.21 Å². The number of anilines is 1. The van der Waals surface area contributed by atoms with Crippen molar-refractivity contribution in [2.45, 2.75) is 23.6 Å². The van der Waals surface area contributed by atoms with Gasteiger partial charge in [0, 0.05) is 18.5 Å². The molecule has 1 rings (SSSR count). The summed E-state index contributed by atoms with van der Waals surface area (Å²) < 4.78 is 25.9. The second-order valence-corrected chi connectivity index (χ2v) is 6.87. The summed E-state index contributed by atoms with van der Waals surface area (Å²) in [5.74, 6) is 4.43. The van der Waals surface area contributed by atoms with Crippen molar-refractivity contribution in [2.75, 3.05) is 5.43 Å². The van der Waals surface area contributed by atoms with Crippen LogP contribution >= 0.6 is 11.3 Å². The molecule has 0 bridgehead atoms.